The van der Waals surface area contributed by atoms with Gasteiger partial charge in [0.15, 0.2) is 0 Å². The van der Waals surface area contributed by atoms with E-state index in [9.17, 15) is 28.8 Å². The number of nitrogen functional groups attached to an aromatic ring is 1. The van der Waals surface area contributed by atoms with Crippen molar-refractivity contribution in [2.45, 2.75) is 77.4 Å². The summed E-state index contributed by atoms with van der Waals surface area (Å²) in [4.78, 5) is 67.2. The number of amides is 4. The van der Waals surface area contributed by atoms with Crippen LogP contribution in [0.4, 0.5) is 11.4 Å². The van der Waals surface area contributed by atoms with E-state index in [1.165, 1.54) is 17.1 Å². The molecule has 1 saturated carbocycles. The number of nitrogens with one attached hydrogen (secondary N) is 4. The first kappa shape index (κ1) is 43.8. The van der Waals surface area contributed by atoms with Gasteiger partial charge >= 0.3 is 0 Å². The number of nitrogens with two attached hydrogens (primary N) is 2. The highest BCUT2D eigenvalue weighted by Crippen LogP contribution is 2.17. The topological polar surface area (TPSA) is 208 Å². The number of aromatic nitrogens is 1. The molecule has 1 fully saturated rings. The summed E-state index contributed by atoms with van der Waals surface area (Å²) < 4.78 is 1.52. The van der Waals surface area contributed by atoms with E-state index >= 15 is 0 Å². The average Bonchev–Trinajstić information content (AvgIpc) is 3.11. The molecule has 4 amide bonds. The molecule has 8 N–H and O–H groups in total. The number of carbonyl (C=O) groups is 5. The van der Waals surface area contributed by atoms with Gasteiger partial charge in [-0.1, -0.05) is 43.5 Å². The van der Waals surface area contributed by atoms with Crippen molar-refractivity contribution in [2.75, 3.05) is 17.2 Å². The van der Waals surface area contributed by atoms with Crippen molar-refractivity contribution in [1.29, 1.82) is 0 Å². The number of nitrogens with zero attached hydrogens (tertiary/aromatic N) is 1. The Hall–Kier alpha value is -5.21. The molecule has 13 nitrogen and oxygen atoms in total. The zero-order chi connectivity index (χ0) is 37.0. The smallest absolute Gasteiger partial charge is 0.287 e. The second-order valence-corrected chi connectivity index (χ2v) is 11.6. The van der Waals surface area contributed by atoms with Gasteiger partial charge in [-0.15, -0.1) is 19.4 Å². The number of pyridine rings is 1. The molecular formula is C35H50N7O6P. The van der Waals surface area contributed by atoms with Gasteiger partial charge in [0, 0.05) is 43.1 Å². The number of para-hydroxylation sites is 1. The second kappa shape index (κ2) is 26.8. The summed E-state index contributed by atoms with van der Waals surface area (Å²) in [5, 5.41) is 10.4. The number of allylic oxidation sites excluding steroid dienone is 1. The van der Waals surface area contributed by atoms with Crippen LogP contribution in [-0.2, 0) is 30.5 Å². The van der Waals surface area contributed by atoms with E-state index in [0.717, 1.165) is 31.8 Å². The lowest BCUT2D eigenvalue weighted by Gasteiger charge is -2.22. The minimum absolute atomic E-state index is 0.0334. The lowest BCUT2D eigenvalue weighted by atomic mass is 9.95. The highest BCUT2D eigenvalue weighted by atomic mass is 31.1. The molecule has 0 spiro atoms. The highest BCUT2D eigenvalue weighted by Gasteiger charge is 2.21. The van der Waals surface area contributed by atoms with Crippen LogP contribution in [-0.4, -0.2) is 53.2 Å². The molecule has 49 heavy (non-hydrogen) atoms. The Kier molecular flexibility index (Phi) is 24.0. The summed E-state index contributed by atoms with van der Waals surface area (Å²) in [6.07, 6.45) is 20.7. The van der Waals surface area contributed by atoms with E-state index < -0.39 is 17.6 Å². The number of hydrogen-bond acceptors (Lipinski definition) is 8. The molecule has 1 aliphatic carbocycles. The van der Waals surface area contributed by atoms with Crippen LogP contribution in [0, 0.1) is 12.8 Å². The molecular weight excluding hydrogens is 645 g/mol. The molecule has 1 aromatic carbocycles. The van der Waals surface area contributed by atoms with E-state index in [0.29, 0.717) is 51.5 Å². The van der Waals surface area contributed by atoms with Crippen molar-refractivity contribution >= 4 is 56.6 Å². The summed E-state index contributed by atoms with van der Waals surface area (Å²) in [5.74, 6) is -1.41. The maximum Gasteiger partial charge on any atom is 0.287 e. The Bertz CT molecular complexity index is 1440. The molecule has 2 atom stereocenters. The summed E-state index contributed by atoms with van der Waals surface area (Å²) >= 11 is 0. The number of aryl methyl sites for hydroxylation is 1. The third kappa shape index (κ3) is 18.6. The Morgan fingerprint density at radius 1 is 1.06 bits per heavy atom. The average molecular weight is 696 g/mol. The number of hydrogen-bond donors (Lipinski definition) is 6. The Morgan fingerprint density at radius 3 is 2.33 bits per heavy atom. The first-order chi connectivity index (χ1) is 23.6. The van der Waals surface area contributed by atoms with Crippen LogP contribution in [0.5, 0.6) is 0 Å². The summed E-state index contributed by atoms with van der Waals surface area (Å²) in [6, 6.07) is 10.2. The lowest BCUT2D eigenvalue weighted by Crippen LogP contribution is -2.41. The lowest BCUT2D eigenvalue weighted by molar-refractivity contribution is -0.138. The van der Waals surface area contributed by atoms with Gasteiger partial charge in [0.25, 0.3) is 17.4 Å². The maximum absolute atomic E-state index is 12.2. The summed E-state index contributed by atoms with van der Waals surface area (Å²) in [6.45, 7) is 7.73. The molecule has 14 heteroatoms. The van der Waals surface area contributed by atoms with Crippen molar-refractivity contribution in [3.05, 3.63) is 76.9 Å². The molecule has 266 valence electrons. The quantitative estimate of drug-likeness (QED) is 0.0238. The van der Waals surface area contributed by atoms with Gasteiger partial charge in [-0.25, -0.2) is 0 Å². The fourth-order valence-corrected chi connectivity index (χ4v) is 4.71. The molecule has 2 unspecified atom stereocenters. The Labute approximate surface area is 290 Å². The Balaban J connectivity index is 0.000000897. The zero-order valence-corrected chi connectivity index (χ0v) is 29.3. The second-order valence-electron chi connectivity index (χ2n) is 10.6. The third-order valence-electron chi connectivity index (χ3n) is 6.93. The fraction of sp³-hybridized carbons (Fsp3) is 0.371. The largest absolute Gasteiger partial charge is 0.398 e. The van der Waals surface area contributed by atoms with Crippen LogP contribution in [0.3, 0.4) is 0 Å². The normalized spacial score (nSPS) is 12.9. The molecule has 0 saturated heterocycles. The van der Waals surface area contributed by atoms with Gasteiger partial charge in [-0.2, -0.15) is 0 Å². The predicted molar refractivity (Wildman–Crippen MR) is 198 cm³/mol. The summed E-state index contributed by atoms with van der Waals surface area (Å²) in [7, 11) is 0.496. The first-order valence-corrected chi connectivity index (χ1v) is 17.0. The molecule has 3 rings (SSSR count). The van der Waals surface area contributed by atoms with E-state index in [2.05, 4.69) is 40.5 Å². The Morgan fingerprint density at radius 2 is 1.73 bits per heavy atom. The highest BCUT2D eigenvalue weighted by molar-refractivity contribution is 7.36. The molecule has 1 heterocycles. The molecule has 2 aromatic rings. The monoisotopic (exact) mass is 695 g/mol. The molecule has 1 aliphatic rings. The van der Waals surface area contributed by atoms with Crippen molar-refractivity contribution in [3.8, 4) is 12.8 Å². The minimum Gasteiger partial charge on any atom is -0.398 e. The first-order valence-electron chi connectivity index (χ1n) is 15.8. The number of carbonyl (C=O) groups excluding carboxylic acids is 5. The van der Waals surface area contributed by atoms with Gasteiger partial charge < -0.3 is 37.1 Å². The van der Waals surface area contributed by atoms with Crippen molar-refractivity contribution < 1.29 is 24.0 Å². The SMILES string of the molecule is C#C.C=CCPNC=O.CC(CCC(=O)C(=O)NC1CCCCC1)NC(=O)/C(N)=C/c1ccccc1N.CCn1cccc(NC=O)c1=O. The number of Topliss-reactive ketones (excluding diaryl/α,β-unsaturated/α-hetero) is 1. The van der Waals surface area contributed by atoms with E-state index in [-0.39, 0.29) is 29.8 Å². The van der Waals surface area contributed by atoms with E-state index in [1.54, 1.807) is 55.6 Å². The maximum atomic E-state index is 12.2. The number of terminal acetylenes is 1. The summed E-state index contributed by atoms with van der Waals surface area (Å²) in [5.41, 5.74) is 13.0. The minimum atomic E-state index is -0.524. The van der Waals surface area contributed by atoms with Gasteiger partial charge in [-0.3, -0.25) is 28.8 Å². The van der Waals surface area contributed by atoms with Crippen molar-refractivity contribution in [2.24, 2.45) is 5.73 Å². The van der Waals surface area contributed by atoms with Gasteiger partial charge in [0.05, 0.1) is 5.70 Å². The molecule has 0 radical (unpaired) electrons. The van der Waals surface area contributed by atoms with E-state index in [1.807, 2.05) is 6.92 Å². The molecule has 0 aliphatic heterocycles. The number of anilines is 2. The van der Waals surface area contributed by atoms with Crippen molar-refractivity contribution in [3.63, 3.8) is 0 Å². The van der Waals surface area contributed by atoms with Crippen LogP contribution in [0.15, 0.2) is 65.7 Å². The predicted octanol–water partition coefficient (Wildman–Crippen LogP) is 3.07. The van der Waals surface area contributed by atoms with Crippen LogP contribution >= 0.6 is 8.73 Å². The number of rotatable bonds is 15. The van der Waals surface area contributed by atoms with Gasteiger partial charge in [-0.05, 0) is 71.7 Å². The molecule has 0 bridgehead atoms. The van der Waals surface area contributed by atoms with Crippen LogP contribution in [0.1, 0.15) is 64.4 Å². The fourth-order valence-electron chi connectivity index (χ4n) is 4.36. The zero-order valence-electron chi connectivity index (χ0n) is 28.3. The van der Waals surface area contributed by atoms with Gasteiger partial charge in [0.1, 0.15) is 5.69 Å². The standard InChI is InChI=1S/C21H30N4O3.C8H10N2O2.C4H8NOP.C2H2/c1-14(11-12-19(26)21(28)25-16-8-3-2-4-9-16)24-20(27)18(23)13-15-7-5-6-10-17(15)22;1-2-10-5-3-4-7(8(10)12)9-6-11;1-2-3-7-5-4-6;1-2/h5-7,10,13-14,16H,2-4,8-9,11-12,22-23H2,1H3,(H,24,27)(H,25,28);3-6H,2H2,1H3,(H,9,11);2,4,7H,1,3H2,(H,5,6);1-2H/b18-13-;;;. The van der Waals surface area contributed by atoms with Crippen LogP contribution in [0.25, 0.3) is 6.08 Å². The molecule has 1 aromatic heterocycles. The van der Waals surface area contributed by atoms with Crippen LogP contribution in [0.2, 0.25) is 0 Å². The van der Waals surface area contributed by atoms with E-state index in [4.69, 9.17) is 11.5 Å². The van der Waals surface area contributed by atoms with Crippen LogP contribution < -0.4 is 38.1 Å². The number of ketones is 1. The number of benzene rings is 1. The van der Waals surface area contributed by atoms with Gasteiger partial charge in [0.2, 0.25) is 18.6 Å². The van der Waals surface area contributed by atoms with Crippen molar-refractivity contribution in [1.82, 2.24) is 20.3 Å². The third-order valence-corrected chi connectivity index (χ3v) is 7.74.